The van der Waals surface area contributed by atoms with Crippen molar-refractivity contribution in [2.24, 2.45) is 0 Å². The predicted octanol–water partition coefficient (Wildman–Crippen LogP) is 6.02. The average Bonchev–Trinajstić information content (AvgIpc) is 3.05. The van der Waals surface area contributed by atoms with Gasteiger partial charge in [-0.25, -0.2) is 4.79 Å². The minimum Gasteiger partial charge on any atom is -0.495 e. The summed E-state index contributed by atoms with van der Waals surface area (Å²) in [4.78, 5) is 39.3. The number of carboxylic acids is 1. The van der Waals surface area contributed by atoms with E-state index in [-0.39, 0.29) is 18.1 Å². The lowest BCUT2D eigenvalue weighted by atomic mass is 10.00. The zero-order valence-corrected chi connectivity index (χ0v) is 23.9. The average molecular weight is 579 g/mol. The van der Waals surface area contributed by atoms with Crippen LogP contribution >= 0.6 is 0 Å². The zero-order valence-electron chi connectivity index (χ0n) is 23.9. The lowest BCUT2D eigenvalue weighted by molar-refractivity contribution is -0.137. The number of anilines is 2. The van der Waals surface area contributed by atoms with Gasteiger partial charge in [-0.2, -0.15) is 0 Å². The molecule has 1 atom stereocenters. The molecular weight excluding hydrogens is 544 g/mol. The fourth-order valence-electron chi connectivity index (χ4n) is 4.62. The monoisotopic (exact) mass is 578 g/mol. The summed E-state index contributed by atoms with van der Waals surface area (Å²) in [6.07, 6.45) is 2.03. The number of benzene rings is 4. The normalized spacial score (nSPS) is 11.2. The highest BCUT2D eigenvalue weighted by atomic mass is 16.5. The lowest BCUT2D eigenvalue weighted by Crippen LogP contribution is -2.32. The van der Waals surface area contributed by atoms with Crippen LogP contribution in [0.25, 0.3) is 0 Å². The number of amides is 1. The van der Waals surface area contributed by atoms with E-state index in [2.05, 4.69) is 11.9 Å². The maximum Gasteiger partial charge on any atom is 0.326 e. The Morgan fingerprint density at radius 1 is 0.907 bits per heavy atom. The summed E-state index contributed by atoms with van der Waals surface area (Å²) in [5, 5.41) is 13.0. The van der Waals surface area contributed by atoms with Crippen molar-refractivity contribution in [2.75, 3.05) is 30.5 Å². The molecule has 0 aliphatic rings. The number of aliphatic carboxylic acids is 1. The molecule has 0 saturated heterocycles. The van der Waals surface area contributed by atoms with E-state index in [9.17, 15) is 19.5 Å². The van der Waals surface area contributed by atoms with E-state index < -0.39 is 12.0 Å². The maximum atomic E-state index is 13.1. The molecule has 0 aliphatic carbocycles. The van der Waals surface area contributed by atoms with E-state index in [1.807, 2.05) is 36.4 Å². The summed E-state index contributed by atoms with van der Waals surface area (Å²) in [5.74, 6) is -0.233. The van der Waals surface area contributed by atoms with Crippen LogP contribution in [-0.2, 0) is 16.0 Å². The van der Waals surface area contributed by atoms with Crippen LogP contribution in [0.3, 0.4) is 0 Å². The van der Waals surface area contributed by atoms with Gasteiger partial charge in [0, 0.05) is 29.8 Å². The van der Waals surface area contributed by atoms with Crippen LogP contribution in [0.1, 0.15) is 27.9 Å². The number of hydrogen-bond donors (Lipinski definition) is 2. The van der Waals surface area contributed by atoms with Gasteiger partial charge in [0.15, 0.2) is 5.78 Å². The molecule has 4 aromatic carbocycles. The number of nitrogens with zero attached hydrogens (tertiary/aromatic N) is 1. The van der Waals surface area contributed by atoms with E-state index in [4.69, 9.17) is 9.47 Å². The Morgan fingerprint density at radius 3 is 2.28 bits per heavy atom. The fourth-order valence-corrected chi connectivity index (χ4v) is 4.62. The standard InChI is InChI=1S/C35H34N2O6/c1-3-33(38)37(31-16-9-10-17-32(31)42-2)22-11-23-43-27-20-18-25(19-21-27)24-30(35(40)41)36-29-15-8-7-14-28(29)34(39)26-12-5-4-6-13-26/h3-10,12-21,30,36H,1,11,22-24H2,2H3,(H,40,41). The Balaban J connectivity index is 1.35. The third-order valence-corrected chi connectivity index (χ3v) is 6.81. The molecule has 8 heteroatoms. The van der Waals surface area contributed by atoms with E-state index >= 15 is 0 Å². The lowest BCUT2D eigenvalue weighted by Gasteiger charge is -2.23. The third kappa shape index (κ3) is 8.10. The second kappa shape index (κ2) is 15.0. The van der Waals surface area contributed by atoms with Crippen molar-refractivity contribution >= 4 is 29.0 Å². The van der Waals surface area contributed by atoms with E-state index in [1.165, 1.54) is 6.08 Å². The molecule has 8 nitrogen and oxygen atoms in total. The SMILES string of the molecule is C=CC(=O)N(CCCOc1ccc(CC(Nc2ccccc2C(=O)c2ccccc2)C(=O)O)cc1)c1ccccc1OC. The van der Waals surface area contributed by atoms with Gasteiger partial charge < -0.3 is 24.8 Å². The molecule has 0 aliphatic heterocycles. The first-order valence-corrected chi connectivity index (χ1v) is 13.9. The molecule has 1 amide bonds. The number of hydrogen-bond acceptors (Lipinski definition) is 6. The summed E-state index contributed by atoms with van der Waals surface area (Å²) in [7, 11) is 1.56. The minimum absolute atomic E-state index is 0.186. The summed E-state index contributed by atoms with van der Waals surface area (Å²) < 4.78 is 11.3. The number of ether oxygens (including phenoxy) is 2. The zero-order chi connectivity index (χ0) is 30.6. The molecular formula is C35H34N2O6. The quantitative estimate of drug-likeness (QED) is 0.101. The highest BCUT2D eigenvalue weighted by Gasteiger charge is 2.21. The Bertz CT molecular complexity index is 1550. The third-order valence-electron chi connectivity index (χ3n) is 6.81. The van der Waals surface area contributed by atoms with Crippen molar-refractivity contribution in [3.05, 3.63) is 132 Å². The number of ketones is 1. The van der Waals surface area contributed by atoms with Gasteiger partial charge in [-0.1, -0.05) is 73.3 Å². The molecule has 0 saturated carbocycles. The molecule has 0 fully saturated rings. The number of para-hydroxylation sites is 3. The van der Waals surface area contributed by atoms with Gasteiger partial charge in [-0.05, 0) is 54.5 Å². The molecule has 220 valence electrons. The van der Waals surface area contributed by atoms with E-state index in [1.54, 1.807) is 78.7 Å². The van der Waals surface area contributed by atoms with Crippen molar-refractivity contribution in [1.29, 1.82) is 0 Å². The second-order valence-corrected chi connectivity index (χ2v) is 9.69. The van der Waals surface area contributed by atoms with Gasteiger partial charge in [0.25, 0.3) is 0 Å². The van der Waals surface area contributed by atoms with Gasteiger partial charge in [0.2, 0.25) is 5.91 Å². The molecule has 1 unspecified atom stereocenters. The van der Waals surface area contributed by atoms with Crippen LogP contribution in [0, 0.1) is 0 Å². The van der Waals surface area contributed by atoms with Crippen LogP contribution in [0.5, 0.6) is 11.5 Å². The van der Waals surface area contributed by atoms with Crippen LogP contribution in [0.15, 0.2) is 116 Å². The molecule has 0 aromatic heterocycles. The molecule has 0 heterocycles. The first kappa shape index (κ1) is 30.6. The highest BCUT2D eigenvalue weighted by Crippen LogP contribution is 2.28. The van der Waals surface area contributed by atoms with E-state index in [0.29, 0.717) is 53.6 Å². The Hall–Kier alpha value is -5.37. The first-order valence-electron chi connectivity index (χ1n) is 13.9. The number of carbonyl (C=O) groups excluding carboxylic acids is 2. The number of rotatable bonds is 15. The van der Waals surface area contributed by atoms with Gasteiger partial charge in [-0.3, -0.25) is 9.59 Å². The van der Waals surface area contributed by atoms with Crippen molar-refractivity contribution < 1.29 is 29.0 Å². The second-order valence-electron chi connectivity index (χ2n) is 9.69. The smallest absolute Gasteiger partial charge is 0.326 e. The number of methoxy groups -OCH3 is 1. The van der Waals surface area contributed by atoms with Gasteiger partial charge in [0.1, 0.15) is 17.5 Å². The van der Waals surface area contributed by atoms with Crippen LogP contribution in [0.2, 0.25) is 0 Å². The molecule has 4 aromatic rings. The van der Waals surface area contributed by atoms with Crippen LogP contribution < -0.4 is 19.7 Å². The Labute approximate surface area is 251 Å². The van der Waals surface area contributed by atoms with Gasteiger partial charge in [-0.15, -0.1) is 0 Å². The number of carbonyl (C=O) groups is 3. The molecule has 0 spiro atoms. The fraction of sp³-hybridized carbons (Fsp3) is 0.171. The first-order chi connectivity index (χ1) is 20.9. The Morgan fingerprint density at radius 2 is 1.58 bits per heavy atom. The van der Waals surface area contributed by atoms with Crippen molar-refractivity contribution in [2.45, 2.75) is 18.9 Å². The molecule has 2 N–H and O–H groups in total. The molecule has 4 rings (SSSR count). The molecule has 0 bridgehead atoms. The summed E-state index contributed by atoms with van der Waals surface area (Å²) >= 11 is 0. The topological polar surface area (TPSA) is 105 Å². The largest absolute Gasteiger partial charge is 0.495 e. The van der Waals surface area contributed by atoms with Gasteiger partial charge in [0.05, 0.1) is 19.4 Å². The number of nitrogens with one attached hydrogen (secondary N) is 1. The maximum absolute atomic E-state index is 13.1. The van der Waals surface area contributed by atoms with Crippen molar-refractivity contribution in [3.63, 3.8) is 0 Å². The van der Waals surface area contributed by atoms with Crippen molar-refractivity contribution in [3.8, 4) is 11.5 Å². The van der Waals surface area contributed by atoms with E-state index in [0.717, 1.165) is 5.56 Å². The van der Waals surface area contributed by atoms with Crippen LogP contribution in [-0.4, -0.2) is 49.1 Å². The van der Waals surface area contributed by atoms with Crippen LogP contribution in [0.4, 0.5) is 11.4 Å². The Kier molecular flexibility index (Phi) is 10.7. The van der Waals surface area contributed by atoms with Crippen molar-refractivity contribution in [1.82, 2.24) is 0 Å². The summed E-state index contributed by atoms with van der Waals surface area (Å²) in [6, 6.07) is 29.3. The predicted molar refractivity (Wildman–Crippen MR) is 167 cm³/mol. The molecule has 43 heavy (non-hydrogen) atoms. The van der Waals surface area contributed by atoms with Gasteiger partial charge >= 0.3 is 5.97 Å². The summed E-state index contributed by atoms with van der Waals surface area (Å²) in [5.41, 5.74) is 2.84. The minimum atomic E-state index is -1.03. The molecule has 0 radical (unpaired) electrons. The number of carboxylic acid groups (broad SMARTS) is 1. The highest BCUT2D eigenvalue weighted by molar-refractivity contribution is 6.12. The summed E-state index contributed by atoms with van der Waals surface area (Å²) in [6.45, 7) is 4.37.